The highest BCUT2D eigenvalue weighted by molar-refractivity contribution is 4.72. The van der Waals surface area contributed by atoms with Crippen molar-refractivity contribution in [2.24, 2.45) is 5.92 Å². The Hall–Kier alpha value is -0.120. The number of nitrogens with zero attached hydrogens (tertiary/aromatic N) is 1. The van der Waals surface area contributed by atoms with Gasteiger partial charge in [0.25, 0.3) is 0 Å². The molecule has 1 atom stereocenters. The standard InChI is InChI=1S/C15H32N2O/c1-3-10-17(4-2)11-9-16-13-15(18)12-14-7-5-6-8-14/h14-16,18H,3-13H2,1-2H3. The summed E-state index contributed by atoms with van der Waals surface area (Å²) in [4.78, 5) is 2.45. The number of hydrogen-bond acceptors (Lipinski definition) is 3. The van der Waals surface area contributed by atoms with Crippen molar-refractivity contribution >= 4 is 0 Å². The van der Waals surface area contributed by atoms with E-state index in [0.717, 1.165) is 38.5 Å². The fraction of sp³-hybridized carbons (Fsp3) is 1.00. The van der Waals surface area contributed by atoms with Crippen LogP contribution in [0, 0.1) is 5.92 Å². The fourth-order valence-electron chi connectivity index (χ4n) is 2.96. The van der Waals surface area contributed by atoms with Crippen molar-refractivity contribution in [3.63, 3.8) is 0 Å². The first-order valence-corrected chi connectivity index (χ1v) is 7.87. The van der Waals surface area contributed by atoms with Crippen molar-refractivity contribution in [3.8, 4) is 0 Å². The number of rotatable bonds is 10. The van der Waals surface area contributed by atoms with Crippen LogP contribution in [0.25, 0.3) is 0 Å². The lowest BCUT2D eigenvalue weighted by Crippen LogP contribution is -2.36. The maximum Gasteiger partial charge on any atom is 0.0667 e. The van der Waals surface area contributed by atoms with E-state index in [-0.39, 0.29) is 6.10 Å². The van der Waals surface area contributed by atoms with E-state index in [4.69, 9.17) is 0 Å². The molecule has 0 aliphatic heterocycles. The molecular weight excluding hydrogens is 224 g/mol. The Labute approximate surface area is 113 Å². The van der Waals surface area contributed by atoms with Crippen molar-refractivity contribution in [1.29, 1.82) is 0 Å². The van der Waals surface area contributed by atoms with Crippen LogP contribution in [0.3, 0.4) is 0 Å². The highest BCUT2D eigenvalue weighted by Crippen LogP contribution is 2.28. The van der Waals surface area contributed by atoms with Crippen LogP contribution in [0.4, 0.5) is 0 Å². The smallest absolute Gasteiger partial charge is 0.0667 e. The fourth-order valence-corrected chi connectivity index (χ4v) is 2.96. The third-order valence-corrected chi connectivity index (χ3v) is 4.05. The number of hydrogen-bond donors (Lipinski definition) is 2. The maximum atomic E-state index is 9.96. The molecule has 0 spiro atoms. The van der Waals surface area contributed by atoms with Gasteiger partial charge in [-0.1, -0.05) is 39.5 Å². The van der Waals surface area contributed by atoms with Crippen LogP contribution in [0.2, 0.25) is 0 Å². The zero-order valence-electron chi connectivity index (χ0n) is 12.3. The topological polar surface area (TPSA) is 35.5 Å². The van der Waals surface area contributed by atoms with E-state index in [1.807, 2.05) is 0 Å². The van der Waals surface area contributed by atoms with Gasteiger partial charge >= 0.3 is 0 Å². The van der Waals surface area contributed by atoms with E-state index in [1.165, 1.54) is 38.6 Å². The van der Waals surface area contributed by atoms with Gasteiger partial charge < -0.3 is 15.3 Å². The van der Waals surface area contributed by atoms with Gasteiger partial charge in [-0.2, -0.15) is 0 Å². The Morgan fingerprint density at radius 2 is 1.94 bits per heavy atom. The zero-order chi connectivity index (χ0) is 13.2. The van der Waals surface area contributed by atoms with Crippen molar-refractivity contribution < 1.29 is 5.11 Å². The van der Waals surface area contributed by atoms with Crippen molar-refractivity contribution in [2.75, 3.05) is 32.7 Å². The molecule has 0 aromatic carbocycles. The summed E-state index contributed by atoms with van der Waals surface area (Å²) in [5.41, 5.74) is 0. The monoisotopic (exact) mass is 256 g/mol. The minimum Gasteiger partial charge on any atom is -0.392 e. The second kappa shape index (κ2) is 9.76. The molecule has 1 rings (SSSR count). The average molecular weight is 256 g/mol. The maximum absolute atomic E-state index is 9.96. The summed E-state index contributed by atoms with van der Waals surface area (Å²) >= 11 is 0. The molecule has 1 unspecified atom stereocenters. The lowest BCUT2D eigenvalue weighted by Gasteiger charge is -2.21. The molecule has 108 valence electrons. The average Bonchev–Trinajstić information content (AvgIpc) is 2.85. The summed E-state index contributed by atoms with van der Waals surface area (Å²) in [6.45, 7) is 9.60. The van der Waals surface area contributed by atoms with Gasteiger partial charge in [0, 0.05) is 19.6 Å². The van der Waals surface area contributed by atoms with Crippen molar-refractivity contribution in [3.05, 3.63) is 0 Å². The lowest BCUT2D eigenvalue weighted by molar-refractivity contribution is 0.139. The zero-order valence-corrected chi connectivity index (χ0v) is 12.3. The second-order valence-corrected chi connectivity index (χ2v) is 5.68. The van der Waals surface area contributed by atoms with Crippen molar-refractivity contribution in [2.45, 2.75) is 58.5 Å². The largest absolute Gasteiger partial charge is 0.392 e. The third kappa shape index (κ3) is 6.72. The van der Waals surface area contributed by atoms with Gasteiger partial charge in [0.05, 0.1) is 6.10 Å². The van der Waals surface area contributed by atoms with Gasteiger partial charge in [0.1, 0.15) is 0 Å². The molecule has 0 aromatic rings. The van der Waals surface area contributed by atoms with Crippen LogP contribution >= 0.6 is 0 Å². The van der Waals surface area contributed by atoms with E-state index in [2.05, 4.69) is 24.1 Å². The molecule has 2 N–H and O–H groups in total. The normalized spacial score (nSPS) is 18.7. The second-order valence-electron chi connectivity index (χ2n) is 5.68. The van der Waals surface area contributed by atoms with E-state index < -0.39 is 0 Å². The van der Waals surface area contributed by atoms with Gasteiger partial charge in [0.2, 0.25) is 0 Å². The molecular formula is C15H32N2O. The number of aliphatic hydroxyl groups excluding tert-OH is 1. The summed E-state index contributed by atoms with van der Waals surface area (Å²) in [6.07, 6.45) is 7.47. The van der Waals surface area contributed by atoms with E-state index in [1.54, 1.807) is 0 Å². The molecule has 3 nitrogen and oxygen atoms in total. The van der Waals surface area contributed by atoms with Crippen molar-refractivity contribution in [1.82, 2.24) is 10.2 Å². The van der Waals surface area contributed by atoms with Crippen LogP contribution in [-0.4, -0.2) is 48.8 Å². The summed E-state index contributed by atoms with van der Waals surface area (Å²) in [5.74, 6) is 0.786. The summed E-state index contributed by atoms with van der Waals surface area (Å²) in [6, 6.07) is 0. The highest BCUT2D eigenvalue weighted by atomic mass is 16.3. The quantitative estimate of drug-likeness (QED) is 0.589. The van der Waals surface area contributed by atoms with Gasteiger partial charge in [-0.25, -0.2) is 0 Å². The Morgan fingerprint density at radius 1 is 1.22 bits per heavy atom. The van der Waals surface area contributed by atoms with Crippen LogP contribution in [0.5, 0.6) is 0 Å². The van der Waals surface area contributed by atoms with Crippen LogP contribution in [0.1, 0.15) is 52.4 Å². The Balaban J connectivity index is 1.98. The first-order chi connectivity index (χ1) is 8.76. The molecule has 18 heavy (non-hydrogen) atoms. The minimum absolute atomic E-state index is 0.144. The third-order valence-electron chi connectivity index (χ3n) is 4.05. The molecule has 3 heteroatoms. The number of likely N-dealkylation sites (N-methyl/N-ethyl adjacent to an activating group) is 1. The first-order valence-electron chi connectivity index (χ1n) is 7.87. The number of nitrogens with one attached hydrogen (secondary N) is 1. The molecule has 0 saturated heterocycles. The van der Waals surface area contributed by atoms with Gasteiger partial charge in [0.15, 0.2) is 0 Å². The highest BCUT2D eigenvalue weighted by Gasteiger charge is 2.18. The molecule has 1 saturated carbocycles. The molecule has 1 fully saturated rings. The molecule has 1 aliphatic rings. The molecule has 0 amide bonds. The first kappa shape index (κ1) is 15.9. The molecule has 0 aromatic heterocycles. The molecule has 0 radical (unpaired) electrons. The van der Waals surface area contributed by atoms with E-state index in [9.17, 15) is 5.11 Å². The predicted octanol–water partition coefficient (Wildman–Crippen LogP) is 2.25. The summed E-state index contributed by atoms with van der Waals surface area (Å²) < 4.78 is 0. The molecule has 0 bridgehead atoms. The lowest BCUT2D eigenvalue weighted by atomic mass is 10.0. The van der Waals surface area contributed by atoms with Crippen LogP contribution in [-0.2, 0) is 0 Å². The van der Waals surface area contributed by atoms with E-state index >= 15 is 0 Å². The SMILES string of the molecule is CCCN(CC)CCNCC(O)CC1CCCC1. The minimum atomic E-state index is -0.144. The van der Waals surface area contributed by atoms with Gasteiger partial charge in [-0.3, -0.25) is 0 Å². The van der Waals surface area contributed by atoms with Gasteiger partial charge in [-0.05, 0) is 31.8 Å². The number of aliphatic hydroxyl groups is 1. The Kier molecular flexibility index (Phi) is 8.64. The van der Waals surface area contributed by atoms with Gasteiger partial charge in [-0.15, -0.1) is 0 Å². The predicted molar refractivity (Wildman–Crippen MR) is 77.9 cm³/mol. The van der Waals surface area contributed by atoms with Crippen LogP contribution in [0.15, 0.2) is 0 Å². The molecule has 1 aliphatic carbocycles. The van der Waals surface area contributed by atoms with Crippen LogP contribution < -0.4 is 5.32 Å². The Bertz CT molecular complexity index is 193. The Morgan fingerprint density at radius 3 is 2.56 bits per heavy atom. The summed E-state index contributed by atoms with van der Waals surface area (Å²) in [5, 5.41) is 13.3. The molecule has 0 heterocycles. The summed E-state index contributed by atoms with van der Waals surface area (Å²) in [7, 11) is 0. The van der Waals surface area contributed by atoms with E-state index in [0.29, 0.717) is 0 Å².